The third kappa shape index (κ3) is 4.45. The van der Waals surface area contributed by atoms with Crippen molar-refractivity contribution in [3.05, 3.63) is 70.9 Å². The molecule has 2 aromatic carbocycles. The fraction of sp³-hybridized carbons (Fsp3) is 0.286. The number of aryl methyl sites for hydroxylation is 1. The van der Waals surface area contributed by atoms with Crippen LogP contribution in [0.25, 0.3) is 10.9 Å². The van der Waals surface area contributed by atoms with Gasteiger partial charge in [-0.3, -0.25) is 0 Å². The van der Waals surface area contributed by atoms with Crippen molar-refractivity contribution >= 4 is 16.9 Å². The molecule has 0 radical (unpaired) electrons. The normalized spacial score (nSPS) is 12.1. The van der Waals surface area contributed by atoms with Crippen LogP contribution in [0.3, 0.4) is 0 Å². The van der Waals surface area contributed by atoms with E-state index in [1.165, 1.54) is 23.8 Å². The first-order chi connectivity index (χ1) is 13.0. The molecule has 4 nitrogen and oxygen atoms in total. The molecule has 142 valence electrons. The van der Waals surface area contributed by atoms with Gasteiger partial charge in [-0.25, -0.2) is 13.6 Å². The number of hydrogen-bond donors (Lipinski definition) is 3. The van der Waals surface area contributed by atoms with Gasteiger partial charge in [-0.2, -0.15) is 0 Å². The molecule has 1 atom stereocenters. The van der Waals surface area contributed by atoms with E-state index in [0.717, 1.165) is 16.6 Å². The molecule has 0 aliphatic carbocycles. The summed E-state index contributed by atoms with van der Waals surface area (Å²) in [5, 5.41) is 6.68. The van der Waals surface area contributed by atoms with Gasteiger partial charge in [0.15, 0.2) is 0 Å². The van der Waals surface area contributed by atoms with Crippen LogP contribution in [-0.2, 0) is 12.8 Å². The van der Waals surface area contributed by atoms with Crippen molar-refractivity contribution in [1.82, 2.24) is 15.6 Å². The van der Waals surface area contributed by atoms with Gasteiger partial charge in [0.1, 0.15) is 11.6 Å². The first-order valence-electron chi connectivity index (χ1n) is 8.99. The fourth-order valence-electron chi connectivity index (χ4n) is 3.32. The van der Waals surface area contributed by atoms with E-state index in [2.05, 4.69) is 21.7 Å². The molecule has 3 aromatic rings. The molecule has 1 heterocycles. The Morgan fingerprint density at radius 3 is 2.52 bits per heavy atom. The quantitative estimate of drug-likeness (QED) is 0.597. The molecule has 1 unspecified atom stereocenters. The Bertz CT molecular complexity index is 931. The van der Waals surface area contributed by atoms with Gasteiger partial charge in [-0.1, -0.05) is 24.3 Å². The minimum absolute atomic E-state index is 0.0142. The highest BCUT2D eigenvalue weighted by Gasteiger charge is 2.14. The van der Waals surface area contributed by atoms with Crippen LogP contribution in [0, 0.1) is 18.6 Å². The van der Waals surface area contributed by atoms with Crippen LogP contribution in [-0.4, -0.2) is 23.6 Å². The van der Waals surface area contributed by atoms with Crippen molar-refractivity contribution in [1.29, 1.82) is 0 Å². The highest BCUT2D eigenvalue weighted by atomic mass is 19.1. The highest BCUT2D eigenvalue weighted by Crippen LogP contribution is 2.21. The maximum atomic E-state index is 13.7. The number of para-hydroxylation sites is 1. The van der Waals surface area contributed by atoms with Gasteiger partial charge < -0.3 is 15.6 Å². The van der Waals surface area contributed by atoms with Crippen molar-refractivity contribution in [2.75, 3.05) is 6.54 Å². The molecular weight excluding hydrogens is 348 g/mol. The molecule has 0 saturated heterocycles. The van der Waals surface area contributed by atoms with Gasteiger partial charge in [0, 0.05) is 34.7 Å². The number of benzene rings is 2. The fourth-order valence-corrected chi connectivity index (χ4v) is 3.32. The van der Waals surface area contributed by atoms with Crippen molar-refractivity contribution in [2.45, 2.75) is 32.7 Å². The van der Waals surface area contributed by atoms with E-state index in [0.29, 0.717) is 13.0 Å². The summed E-state index contributed by atoms with van der Waals surface area (Å²) in [7, 11) is 0. The monoisotopic (exact) mass is 371 g/mol. The molecule has 0 bridgehead atoms. The number of carbonyl (C=O) groups is 1. The number of nitrogens with one attached hydrogen (secondary N) is 3. The maximum Gasteiger partial charge on any atom is 0.315 e. The second-order valence-electron chi connectivity index (χ2n) is 6.73. The Morgan fingerprint density at radius 1 is 1.07 bits per heavy atom. The number of H-pyrrole nitrogens is 1. The number of amides is 2. The van der Waals surface area contributed by atoms with E-state index < -0.39 is 17.7 Å². The highest BCUT2D eigenvalue weighted by molar-refractivity contribution is 5.84. The SMILES string of the molecule is Cc1[nH]c2ccccc2c1CCNC(=O)NC(C)Cc1c(F)cccc1F. The van der Waals surface area contributed by atoms with Gasteiger partial charge in [0.25, 0.3) is 0 Å². The Morgan fingerprint density at radius 2 is 1.78 bits per heavy atom. The second-order valence-corrected chi connectivity index (χ2v) is 6.73. The van der Waals surface area contributed by atoms with Crippen LogP contribution in [0.1, 0.15) is 23.7 Å². The van der Waals surface area contributed by atoms with Crippen molar-refractivity contribution in [2.24, 2.45) is 0 Å². The van der Waals surface area contributed by atoms with Crippen molar-refractivity contribution in [3.8, 4) is 0 Å². The predicted molar refractivity (Wildman–Crippen MR) is 103 cm³/mol. The van der Waals surface area contributed by atoms with Gasteiger partial charge in [-0.15, -0.1) is 0 Å². The lowest BCUT2D eigenvalue weighted by Crippen LogP contribution is -2.42. The molecule has 0 fully saturated rings. The van der Waals surface area contributed by atoms with Crippen LogP contribution >= 0.6 is 0 Å². The first-order valence-corrected chi connectivity index (χ1v) is 8.99. The van der Waals surface area contributed by atoms with E-state index in [9.17, 15) is 13.6 Å². The molecule has 0 aliphatic heterocycles. The summed E-state index contributed by atoms with van der Waals surface area (Å²) < 4.78 is 27.4. The standard InChI is InChI=1S/C21H23F2N3O/c1-13(12-17-18(22)7-5-8-19(17)23)25-21(27)24-11-10-15-14(2)26-20-9-4-3-6-16(15)20/h3-9,13,26H,10-12H2,1-2H3,(H2,24,25,27). The smallest absolute Gasteiger partial charge is 0.315 e. The van der Waals surface area contributed by atoms with Gasteiger partial charge in [0.2, 0.25) is 0 Å². The number of carbonyl (C=O) groups excluding carboxylic acids is 1. The van der Waals surface area contributed by atoms with Crippen LogP contribution in [0.15, 0.2) is 42.5 Å². The minimum atomic E-state index is -0.598. The molecule has 3 N–H and O–H groups in total. The first kappa shape index (κ1) is 18.9. The Hall–Kier alpha value is -2.89. The summed E-state index contributed by atoms with van der Waals surface area (Å²) in [4.78, 5) is 15.4. The largest absolute Gasteiger partial charge is 0.358 e. The zero-order valence-corrected chi connectivity index (χ0v) is 15.4. The number of aromatic amines is 1. The summed E-state index contributed by atoms with van der Waals surface area (Å²) in [5.41, 5.74) is 3.32. The minimum Gasteiger partial charge on any atom is -0.358 e. The van der Waals surface area contributed by atoms with E-state index in [4.69, 9.17) is 0 Å². The molecule has 0 spiro atoms. The van der Waals surface area contributed by atoms with Gasteiger partial charge in [-0.05, 0) is 50.5 Å². The number of aromatic nitrogens is 1. The van der Waals surface area contributed by atoms with Gasteiger partial charge in [0.05, 0.1) is 0 Å². The number of halogens is 2. The topological polar surface area (TPSA) is 56.9 Å². The predicted octanol–water partition coefficient (Wildman–Crippen LogP) is 4.23. The lowest BCUT2D eigenvalue weighted by Gasteiger charge is -2.15. The van der Waals surface area contributed by atoms with Crippen molar-refractivity contribution in [3.63, 3.8) is 0 Å². The molecule has 0 saturated carbocycles. The van der Waals surface area contributed by atoms with E-state index in [-0.39, 0.29) is 18.0 Å². The van der Waals surface area contributed by atoms with Crippen molar-refractivity contribution < 1.29 is 13.6 Å². The lowest BCUT2D eigenvalue weighted by atomic mass is 10.1. The molecule has 1 aromatic heterocycles. The van der Waals surface area contributed by atoms with Crippen LogP contribution in [0.5, 0.6) is 0 Å². The third-order valence-electron chi connectivity index (χ3n) is 4.64. The summed E-state index contributed by atoms with van der Waals surface area (Å²) in [6.45, 7) is 4.20. The molecule has 6 heteroatoms. The number of rotatable bonds is 6. The van der Waals surface area contributed by atoms with E-state index >= 15 is 0 Å². The Kier molecular flexibility index (Phi) is 5.74. The Labute approximate surface area is 157 Å². The number of fused-ring (bicyclic) bond motifs is 1. The van der Waals surface area contributed by atoms with Crippen LogP contribution < -0.4 is 10.6 Å². The molecular formula is C21H23F2N3O. The Balaban J connectivity index is 1.51. The average molecular weight is 371 g/mol. The third-order valence-corrected chi connectivity index (χ3v) is 4.64. The van der Waals surface area contributed by atoms with Crippen LogP contribution in [0.2, 0.25) is 0 Å². The number of hydrogen-bond acceptors (Lipinski definition) is 1. The molecule has 0 aliphatic rings. The summed E-state index contributed by atoms with van der Waals surface area (Å²) in [5.74, 6) is -1.20. The molecule has 27 heavy (non-hydrogen) atoms. The molecule has 3 rings (SSSR count). The lowest BCUT2D eigenvalue weighted by molar-refractivity contribution is 0.237. The summed E-state index contributed by atoms with van der Waals surface area (Å²) >= 11 is 0. The molecule has 2 amide bonds. The maximum absolute atomic E-state index is 13.7. The van der Waals surface area contributed by atoms with E-state index in [1.54, 1.807) is 6.92 Å². The van der Waals surface area contributed by atoms with Gasteiger partial charge >= 0.3 is 6.03 Å². The summed E-state index contributed by atoms with van der Waals surface area (Å²) in [6, 6.07) is 11.1. The van der Waals surface area contributed by atoms with E-state index in [1.807, 2.05) is 25.1 Å². The zero-order chi connectivity index (χ0) is 19.4. The second kappa shape index (κ2) is 8.20. The summed E-state index contributed by atoms with van der Waals surface area (Å²) in [6.07, 6.45) is 0.785. The zero-order valence-electron chi connectivity index (χ0n) is 15.4. The number of urea groups is 1. The average Bonchev–Trinajstić information content (AvgIpc) is 2.94. The van der Waals surface area contributed by atoms with Crippen LogP contribution in [0.4, 0.5) is 13.6 Å².